The monoisotopic (exact) mass is 296 g/mol. The molecule has 3 atom stereocenters. The lowest BCUT2D eigenvalue weighted by Gasteiger charge is -2.07. The van der Waals surface area contributed by atoms with Gasteiger partial charge in [0.15, 0.2) is 5.78 Å². The number of Topliss-reactive ketones (excluding diaryl/α,β-unsaturated/α-hetero) is 1. The van der Waals surface area contributed by atoms with Crippen molar-refractivity contribution in [2.24, 2.45) is 0 Å². The molecule has 2 fully saturated rings. The highest BCUT2D eigenvalue weighted by atomic mass is 16.7. The minimum absolute atomic E-state index is 0.0789. The second-order valence-corrected chi connectivity index (χ2v) is 6.39. The largest absolute Gasteiger partial charge is 0.457 e. The number of fused-ring (bicyclic) bond motifs is 1. The van der Waals surface area contributed by atoms with Crippen LogP contribution in [0.1, 0.15) is 78.1 Å². The maximum Gasteiger partial charge on any atom is 0.349 e. The zero-order chi connectivity index (χ0) is 15.3. The average Bonchev–Trinajstić information content (AvgIpc) is 3.17. The molecule has 2 aliphatic rings. The fourth-order valence-electron chi connectivity index (χ4n) is 3.20. The molecular weight excluding hydrogens is 268 g/mol. The van der Waals surface area contributed by atoms with E-state index in [2.05, 4.69) is 6.92 Å². The summed E-state index contributed by atoms with van der Waals surface area (Å²) in [6.45, 7) is 4.01. The molecule has 0 unspecified atom stereocenters. The van der Waals surface area contributed by atoms with E-state index in [9.17, 15) is 9.59 Å². The van der Waals surface area contributed by atoms with Crippen LogP contribution in [-0.4, -0.2) is 29.6 Å². The molecule has 0 aliphatic carbocycles. The number of ketones is 1. The van der Waals surface area contributed by atoms with Gasteiger partial charge in [-0.25, -0.2) is 4.79 Å². The Morgan fingerprint density at radius 2 is 1.62 bits per heavy atom. The van der Waals surface area contributed by atoms with Gasteiger partial charge >= 0.3 is 5.97 Å². The lowest BCUT2D eigenvalue weighted by atomic mass is 9.95. The average molecular weight is 296 g/mol. The number of unbranched alkanes of at least 4 members (excludes halogenated alkanes) is 8. The van der Waals surface area contributed by atoms with Gasteiger partial charge in [-0.15, -0.1) is 0 Å². The van der Waals surface area contributed by atoms with Crippen LogP contribution < -0.4 is 0 Å². The minimum atomic E-state index is -1.21. The maximum atomic E-state index is 12.1. The minimum Gasteiger partial charge on any atom is -0.457 e. The Morgan fingerprint density at radius 3 is 2.10 bits per heavy atom. The van der Waals surface area contributed by atoms with Crippen molar-refractivity contribution in [1.29, 1.82) is 0 Å². The summed E-state index contributed by atoms with van der Waals surface area (Å²) in [4.78, 5) is 23.8. The number of carbonyl (C=O) groups is 2. The molecule has 0 aromatic rings. The van der Waals surface area contributed by atoms with Crippen molar-refractivity contribution in [2.75, 3.05) is 0 Å². The Morgan fingerprint density at radius 1 is 1.05 bits per heavy atom. The van der Waals surface area contributed by atoms with Crippen molar-refractivity contribution in [3.05, 3.63) is 0 Å². The van der Waals surface area contributed by atoms with Crippen molar-refractivity contribution in [3.8, 4) is 0 Å². The quantitative estimate of drug-likeness (QED) is 0.253. The fraction of sp³-hybridized carbons (Fsp3) is 0.882. The van der Waals surface area contributed by atoms with Crippen LogP contribution in [0.15, 0.2) is 0 Å². The maximum absolute atomic E-state index is 12.1. The topological polar surface area (TPSA) is 55.9 Å². The molecular formula is C17H28O4. The highest BCUT2D eigenvalue weighted by Crippen LogP contribution is 2.48. The number of ether oxygens (including phenoxy) is 2. The van der Waals surface area contributed by atoms with Gasteiger partial charge in [0.05, 0.1) is 0 Å². The van der Waals surface area contributed by atoms with Crippen molar-refractivity contribution < 1.29 is 19.1 Å². The standard InChI is InChI=1S/C17H28O4/c1-3-4-5-6-7-8-9-10-11-12-14(18)17-15(21-17)13(2)20-16(17)19/h13,15H,3-12H2,1-2H3/t13-,15-,17-/m0/s1. The van der Waals surface area contributed by atoms with Crippen molar-refractivity contribution >= 4 is 11.8 Å². The van der Waals surface area contributed by atoms with Gasteiger partial charge < -0.3 is 9.47 Å². The van der Waals surface area contributed by atoms with E-state index in [1.54, 1.807) is 6.92 Å². The normalized spacial score (nSPS) is 30.1. The highest BCUT2D eigenvalue weighted by Gasteiger charge is 2.75. The van der Waals surface area contributed by atoms with E-state index in [0.717, 1.165) is 12.8 Å². The third-order valence-electron chi connectivity index (χ3n) is 4.60. The van der Waals surface area contributed by atoms with E-state index in [-0.39, 0.29) is 18.0 Å². The van der Waals surface area contributed by atoms with Gasteiger partial charge in [-0.2, -0.15) is 0 Å². The summed E-state index contributed by atoms with van der Waals surface area (Å²) in [5.41, 5.74) is -1.21. The number of carbonyl (C=O) groups excluding carboxylic acids is 2. The number of hydrogen-bond donors (Lipinski definition) is 0. The van der Waals surface area contributed by atoms with Crippen LogP contribution in [0.25, 0.3) is 0 Å². The number of esters is 1. The van der Waals surface area contributed by atoms with Crippen LogP contribution in [0.3, 0.4) is 0 Å². The predicted molar refractivity (Wildman–Crippen MR) is 80.0 cm³/mol. The first-order valence-corrected chi connectivity index (χ1v) is 8.55. The van der Waals surface area contributed by atoms with Gasteiger partial charge in [-0.1, -0.05) is 58.3 Å². The molecule has 0 amide bonds. The van der Waals surface area contributed by atoms with Crippen LogP contribution >= 0.6 is 0 Å². The lowest BCUT2D eigenvalue weighted by Crippen LogP contribution is -2.32. The van der Waals surface area contributed by atoms with Gasteiger partial charge in [0.2, 0.25) is 0 Å². The van der Waals surface area contributed by atoms with Crippen molar-refractivity contribution in [1.82, 2.24) is 0 Å². The van der Waals surface area contributed by atoms with E-state index in [1.165, 1.54) is 44.9 Å². The molecule has 120 valence electrons. The molecule has 21 heavy (non-hydrogen) atoms. The summed E-state index contributed by atoms with van der Waals surface area (Å²) in [6, 6.07) is 0. The number of epoxide rings is 1. The van der Waals surface area contributed by atoms with E-state index in [4.69, 9.17) is 9.47 Å². The fourth-order valence-corrected chi connectivity index (χ4v) is 3.20. The zero-order valence-electron chi connectivity index (χ0n) is 13.4. The van der Waals surface area contributed by atoms with Gasteiger partial charge in [0.1, 0.15) is 12.2 Å². The second-order valence-electron chi connectivity index (χ2n) is 6.39. The van der Waals surface area contributed by atoms with Crippen LogP contribution in [0.4, 0.5) is 0 Å². The Balaban J connectivity index is 1.52. The third kappa shape index (κ3) is 3.65. The van der Waals surface area contributed by atoms with Gasteiger partial charge in [-0.3, -0.25) is 4.79 Å². The molecule has 2 aliphatic heterocycles. The van der Waals surface area contributed by atoms with Crippen molar-refractivity contribution in [3.63, 3.8) is 0 Å². The van der Waals surface area contributed by atoms with Gasteiger partial charge in [0.25, 0.3) is 5.60 Å². The highest BCUT2D eigenvalue weighted by molar-refractivity contribution is 6.12. The molecule has 2 saturated heterocycles. The summed E-state index contributed by atoms with van der Waals surface area (Å²) in [7, 11) is 0. The summed E-state index contributed by atoms with van der Waals surface area (Å²) >= 11 is 0. The predicted octanol–water partition coefficient (Wildman–Crippen LogP) is 3.56. The van der Waals surface area contributed by atoms with E-state index >= 15 is 0 Å². The molecule has 2 heterocycles. The van der Waals surface area contributed by atoms with Gasteiger partial charge in [-0.05, 0) is 13.3 Å². The SMILES string of the molecule is CCCCCCCCCCCC(=O)[C@]12O[C@H]1[C@H](C)OC2=O. The Bertz CT molecular complexity index is 379. The van der Waals surface area contributed by atoms with Gasteiger partial charge in [0, 0.05) is 6.42 Å². The van der Waals surface area contributed by atoms with E-state index in [0.29, 0.717) is 6.42 Å². The van der Waals surface area contributed by atoms with E-state index < -0.39 is 11.6 Å². The summed E-state index contributed by atoms with van der Waals surface area (Å²) in [5.74, 6) is -0.550. The Labute approximate surface area is 127 Å². The summed E-state index contributed by atoms with van der Waals surface area (Å²) in [5, 5.41) is 0. The Kier molecular flexibility index (Phi) is 5.80. The van der Waals surface area contributed by atoms with Crippen LogP contribution in [0.5, 0.6) is 0 Å². The first-order chi connectivity index (χ1) is 10.1. The number of rotatable bonds is 11. The molecule has 0 bridgehead atoms. The molecule has 2 rings (SSSR count). The van der Waals surface area contributed by atoms with Crippen LogP contribution in [0.2, 0.25) is 0 Å². The molecule has 0 saturated carbocycles. The molecule has 4 nitrogen and oxygen atoms in total. The Hall–Kier alpha value is -0.900. The molecule has 0 aromatic heterocycles. The zero-order valence-corrected chi connectivity index (χ0v) is 13.4. The molecule has 0 spiro atoms. The molecule has 4 heteroatoms. The first kappa shape index (κ1) is 16.5. The van der Waals surface area contributed by atoms with Crippen molar-refractivity contribution in [2.45, 2.75) is 95.9 Å². The molecule has 0 aromatic carbocycles. The number of hydrogen-bond acceptors (Lipinski definition) is 4. The molecule has 0 N–H and O–H groups in total. The summed E-state index contributed by atoms with van der Waals surface area (Å²) < 4.78 is 10.4. The lowest BCUT2D eigenvalue weighted by molar-refractivity contribution is -0.155. The third-order valence-corrected chi connectivity index (χ3v) is 4.60. The van der Waals surface area contributed by atoms with Crippen LogP contribution in [-0.2, 0) is 19.1 Å². The molecule has 0 radical (unpaired) electrons. The van der Waals surface area contributed by atoms with Crippen LogP contribution in [0, 0.1) is 0 Å². The van der Waals surface area contributed by atoms with E-state index in [1.807, 2.05) is 0 Å². The number of cyclic esters (lactones) is 1. The second kappa shape index (κ2) is 7.39. The summed E-state index contributed by atoms with van der Waals surface area (Å²) in [6.07, 6.45) is 10.8. The smallest absolute Gasteiger partial charge is 0.349 e. The first-order valence-electron chi connectivity index (χ1n) is 8.55.